The van der Waals surface area contributed by atoms with Gasteiger partial charge < -0.3 is 20.9 Å². The van der Waals surface area contributed by atoms with E-state index in [1.54, 1.807) is 18.9 Å². The quantitative estimate of drug-likeness (QED) is 0.140. The Morgan fingerprint density at radius 3 is 2.51 bits per heavy atom. The summed E-state index contributed by atoms with van der Waals surface area (Å²) in [5, 5.41) is 22.6. The van der Waals surface area contributed by atoms with Gasteiger partial charge in [-0.25, -0.2) is 0 Å². The van der Waals surface area contributed by atoms with Crippen molar-refractivity contribution in [3.05, 3.63) is 107 Å². The van der Waals surface area contributed by atoms with Crippen LogP contribution in [0.25, 0.3) is 11.1 Å². The van der Waals surface area contributed by atoms with Crippen molar-refractivity contribution >= 4 is 23.3 Å². The van der Waals surface area contributed by atoms with E-state index in [0.29, 0.717) is 5.75 Å². The molecule has 0 aromatic heterocycles. The molecular formula is C31H29N3O2S. The molecule has 6 heteroatoms. The monoisotopic (exact) mass is 507 g/mol. The van der Waals surface area contributed by atoms with Crippen molar-refractivity contribution < 1.29 is 9.84 Å². The zero-order valence-electron chi connectivity index (χ0n) is 20.8. The van der Waals surface area contributed by atoms with Gasteiger partial charge in [0.15, 0.2) is 11.5 Å². The molecule has 0 spiro atoms. The third kappa shape index (κ3) is 3.92. The molecule has 1 heterocycles. The van der Waals surface area contributed by atoms with E-state index in [0.717, 1.165) is 34.4 Å². The number of amidine groups is 1. The van der Waals surface area contributed by atoms with Crippen LogP contribution in [0.15, 0.2) is 83.8 Å². The maximum atomic E-state index is 10.8. The summed E-state index contributed by atoms with van der Waals surface area (Å²) in [6, 6.07) is 27.0. The topological polar surface area (TPSA) is 91.4 Å². The third-order valence-electron chi connectivity index (χ3n) is 7.80. The van der Waals surface area contributed by atoms with Gasteiger partial charge in [0, 0.05) is 22.1 Å². The Hall–Kier alpha value is -3.90. The van der Waals surface area contributed by atoms with E-state index >= 15 is 0 Å². The lowest BCUT2D eigenvalue weighted by Gasteiger charge is -2.39. The number of hydrogen-bond donors (Lipinski definition) is 4. The molecule has 186 valence electrons. The molecule has 6 rings (SSSR count). The number of nitrogen functional groups attached to an aromatic ring is 1. The molecule has 1 aliphatic heterocycles. The Balaban J connectivity index is 1.55. The summed E-state index contributed by atoms with van der Waals surface area (Å²) in [6.45, 7) is 0. The summed E-state index contributed by atoms with van der Waals surface area (Å²) < 4.78 is 5.57. The molecule has 0 saturated heterocycles. The molecule has 0 fully saturated rings. The fraction of sp³-hybridized carbons (Fsp3) is 0.194. The second-order valence-electron chi connectivity index (χ2n) is 9.72. The van der Waals surface area contributed by atoms with E-state index < -0.39 is 0 Å². The van der Waals surface area contributed by atoms with Crippen molar-refractivity contribution in [2.45, 2.75) is 23.3 Å². The van der Waals surface area contributed by atoms with Crippen LogP contribution in [-0.2, 0) is 6.42 Å². The Morgan fingerprint density at radius 2 is 1.78 bits per heavy atom. The molecule has 3 unspecified atom stereocenters. The Kier molecular flexibility index (Phi) is 5.84. The van der Waals surface area contributed by atoms with Crippen molar-refractivity contribution in [3.63, 3.8) is 0 Å². The molecular weight excluding hydrogens is 478 g/mol. The highest BCUT2D eigenvalue weighted by Crippen LogP contribution is 2.55. The number of thioether (sulfide) groups is 1. The number of phenolic OH excluding ortho intramolecular Hbond substituents is 1. The minimum Gasteiger partial charge on any atom is -0.504 e. The van der Waals surface area contributed by atoms with E-state index in [1.165, 1.54) is 21.6 Å². The van der Waals surface area contributed by atoms with Gasteiger partial charge in [-0.3, -0.25) is 5.41 Å². The molecule has 0 amide bonds. The van der Waals surface area contributed by atoms with Crippen LogP contribution < -0.4 is 15.8 Å². The molecule has 37 heavy (non-hydrogen) atoms. The number of hydrogen-bond acceptors (Lipinski definition) is 5. The first-order chi connectivity index (χ1) is 18.0. The normalized spacial score (nSPS) is 19.4. The number of anilines is 1. The lowest BCUT2D eigenvalue weighted by Crippen LogP contribution is -2.31. The van der Waals surface area contributed by atoms with Crippen molar-refractivity contribution in [1.29, 1.82) is 5.41 Å². The van der Waals surface area contributed by atoms with Gasteiger partial charge in [0.05, 0.1) is 13.2 Å². The van der Waals surface area contributed by atoms with Crippen LogP contribution in [0.1, 0.15) is 39.8 Å². The average Bonchev–Trinajstić information content (AvgIpc) is 3.32. The van der Waals surface area contributed by atoms with Crippen LogP contribution in [0.4, 0.5) is 5.69 Å². The van der Waals surface area contributed by atoms with Gasteiger partial charge in [-0.1, -0.05) is 36.4 Å². The Labute approximate surface area is 221 Å². The predicted octanol–water partition coefficient (Wildman–Crippen LogP) is 6.54. The molecule has 5 nitrogen and oxygen atoms in total. The highest BCUT2D eigenvalue weighted by atomic mass is 32.2. The highest BCUT2D eigenvalue weighted by molar-refractivity contribution is 7.98. The maximum Gasteiger partial charge on any atom is 0.160 e. The molecule has 1 aliphatic carbocycles. The van der Waals surface area contributed by atoms with Crippen molar-refractivity contribution in [2.24, 2.45) is 11.7 Å². The number of aromatic hydroxyl groups is 1. The van der Waals surface area contributed by atoms with Gasteiger partial charge >= 0.3 is 0 Å². The van der Waals surface area contributed by atoms with Gasteiger partial charge in [-0.2, -0.15) is 0 Å². The van der Waals surface area contributed by atoms with Crippen LogP contribution in [0.5, 0.6) is 11.5 Å². The average molecular weight is 508 g/mol. The number of phenols is 1. The molecule has 3 atom stereocenters. The van der Waals surface area contributed by atoms with Crippen molar-refractivity contribution in [3.8, 4) is 22.6 Å². The lowest BCUT2D eigenvalue weighted by molar-refractivity contribution is 0.370. The third-order valence-corrected chi connectivity index (χ3v) is 8.54. The lowest BCUT2D eigenvalue weighted by atomic mass is 9.74. The fourth-order valence-electron chi connectivity index (χ4n) is 6.06. The van der Waals surface area contributed by atoms with Crippen LogP contribution in [0.3, 0.4) is 0 Å². The molecule has 0 saturated carbocycles. The van der Waals surface area contributed by atoms with Crippen molar-refractivity contribution in [2.75, 3.05) is 18.7 Å². The summed E-state index contributed by atoms with van der Waals surface area (Å²) in [5.74, 6) is 1.08. The number of benzene rings is 4. The van der Waals surface area contributed by atoms with Gasteiger partial charge in [-0.15, -0.1) is 11.8 Å². The smallest absolute Gasteiger partial charge is 0.160 e. The molecule has 0 radical (unpaired) electrons. The summed E-state index contributed by atoms with van der Waals surface area (Å²) in [6.07, 6.45) is 2.99. The van der Waals surface area contributed by atoms with Crippen LogP contribution in [0, 0.1) is 11.3 Å². The number of methoxy groups -OCH3 is 1. The Bertz CT molecular complexity index is 1520. The maximum absolute atomic E-state index is 10.8. The largest absolute Gasteiger partial charge is 0.504 e. The van der Waals surface area contributed by atoms with E-state index in [4.69, 9.17) is 15.9 Å². The molecule has 0 bridgehead atoms. The minimum absolute atomic E-state index is 0.0159. The number of nitrogens with one attached hydrogen (secondary N) is 2. The zero-order valence-corrected chi connectivity index (χ0v) is 21.6. The number of nitrogens with two attached hydrogens (primary N) is 1. The van der Waals surface area contributed by atoms with Crippen LogP contribution in [0.2, 0.25) is 0 Å². The van der Waals surface area contributed by atoms with Gasteiger partial charge in [0.2, 0.25) is 0 Å². The standard InChI is InChI=1S/C31H29N3O2S/c1-36-28-16-23(22(15-27(28)35)17-7-10-20(37-2)11-8-17)30-25-13-18-5-3-4-6-21(18)29(25)24-14-19(31(32)33)9-12-26(24)34-30/h3-12,14-16,25,29-30,34-35H,13H2,1-2H3,(H3,32,33). The van der Waals surface area contributed by atoms with E-state index in [-0.39, 0.29) is 29.5 Å². The minimum atomic E-state index is -0.0159. The molecule has 4 aromatic rings. The van der Waals surface area contributed by atoms with Gasteiger partial charge in [-0.05, 0) is 94.4 Å². The Morgan fingerprint density at radius 1 is 1.00 bits per heavy atom. The summed E-state index contributed by atoms with van der Waals surface area (Å²) in [5.41, 5.74) is 14.6. The highest BCUT2D eigenvalue weighted by Gasteiger charge is 2.44. The number of fused-ring (bicyclic) bond motifs is 5. The van der Waals surface area contributed by atoms with E-state index in [1.807, 2.05) is 24.3 Å². The summed E-state index contributed by atoms with van der Waals surface area (Å²) in [4.78, 5) is 1.19. The first kappa shape index (κ1) is 23.5. The first-order valence-electron chi connectivity index (χ1n) is 12.4. The second-order valence-corrected chi connectivity index (χ2v) is 10.6. The molecule has 2 aliphatic rings. The van der Waals surface area contributed by atoms with Crippen LogP contribution >= 0.6 is 11.8 Å². The summed E-state index contributed by atoms with van der Waals surface area (Å²) in [7, 11) is 1.59. The second kappa shape index (κ2) is 9.20. The molecule has 4 aromatic carbocycles. The molecule has 5 N–H and O–H groups in total. The van der Waals surface area contributed by atoms with Gasteiger partial charge in [0.25, 0.3) is 0 Å². The number of ether oxygens (including phenoxy) is 1. The predicted molar refractivity (Wildman–Crippen MR) is 151 cm³/mol. The van der Waals surface area contributed by atoms with Crippen molar-refractivity contribution in [1.82, 2.24) is 0 Å². The summed E-state index contributed by atoms with van der Waals surface area (Å²) >= 11 is 1.71. The SMILES string of the molecule is COc1cc(C2Nc3ccc(C(=N)N)cc3C3c4ccccc4CC23)c(-c2ccc(SC)cc2)cc1O. The first-order valence-corrected chi connectivity index (χ1v) is 13.6. The van der Waals surface area contributed by atoms with E-state index in [2.05, 4.69) is 66.2 Å². The zero-order chi connectivity index (χ0) is 25.7. The van der Waals surface area contributed by atoms with E-state index in [9.17, 15) is 5.11 Å². The van der Waals surface area contributed by atoms with Crippen LogP contribution in [-0.4, -0.2) is 24.3 Å². The fourth-order valence-corrected chi connectivity index (χ4v) is 6.47. The number of rotatable bonds is 5. The van der Waals surface area contributed by atoms with Gasteiger partial charge in [0.1, 0.15) is 5.84 Å².